The zero-order chi connectivity index (χ0) is 17.2. The van der Waals surface area contributed by atoms with Crippen molar-refractivity contribution in [3.63, 3.8) is 0 Å². The molecule has 1 unspecified atom stereocenters. The standard InChI is InChI=1S/C19H31N3O2.2ClH/c1-24-18-10-6-9-17(14-18)22-13-7-8-16(15-22)21-19(23)11-4-2-3-5-12-20;;/h6,9-10,14,16H,2-5,7-8,11-13,15,20H2,1H3,(H,21,23);2*1H. The number of amides is 1. The number of hydrogen-bond donors (Lipinski definition) is 2. The van der Waals surface area contributed by atoms with E-state index in [1.807, 2.05) is 12.1 Å². The number of hydrogen-bond acceptors (Lipinski definition) is 4. The Morgan fingerprint density at radius 2 is 2.04 bits per heavy atom. The lowest BCUT2D eigenvalue weighted by Gasteiger charge is -2.35. The van der Waals surface area contributed by atoms with E-state index >= 15 is 0 Å². The van der Waals surface area contributed by atoms with Crippen molar-refractivity contribution in [1.82, 2.24) is 5.32 Å². The summed E-state index contributed by atoms with van der Waals surface area (Å²) in [6.45, 7) is 2.64. The Morgan fingerprint density at radius 3 is 2.77 bits per heavy atom. The number of halogens is 2. The summed E-state index contributed by atoms with van der Waals surface area (Å²) in [5.41, 5.74) is 6.64. The number of carbonyl (C=O) groups excluding carboxylic acids is 1. The Labute approximate surface area is 169 Å². The van der Waals surface area contributed by atoms with E-state index in [4.69, 9.17) is 10.5 Å². The number of anilines is 1. The molecule has 1 amide bonds. The highest BCUT2D eigenvalue weighted by atomic mass is 35.5. The molecule has 2 rings (SSSR count). The van der Waals surface area contributed by atoms with E-state index in [1.165, 1.54) is 0 Å². The molecular weight excluding hydrogens is 373 g/mol. The number of unbranched alkanes of at least 4 members (excludes halogenated alkanes) is 3. The first-order valence-corrected chi connectivity index (χ1v) is 9.11. The lowest BCUT2D eigenvalue weighted by atomic mass is 10.0. The summed E-state index contributed by atoms with van der Waals surface area (Å²) in [7, 11) is 1.69. The van der Waals surface area contributed by atoms with E-state index in [2.05, 4.69) is 22.3 Å². The van der Waals surface area contributed by atoms with Gasteiger partial charge in [0.2, 0.25) is 5.91 Å². The van der Waals surface area contributed by atoms with Crippen molar-refractivity contribution < 1.29 is 9.53 Å². The quantitative estimate of drug-likeness (QED) is 0.616. The van der Waals surface area contributed by atoms with E-state index in [1.54, 1.807) is 7.11 Å². The van der Waals surface area contributed by atoms with Crippen LogP contribution >= 0.6 is 24.8 Å². The van der Waals surface area contributed by atoms with Crippen LogP contribution in [0.2, 0.25) is 0 Å². The smallest absolute Gasteiger partial charge is 0.220 e. The number of ether oxygens (including phenoxy) is 1. The predicted molar refractivity (Wildman–Crippen MR) is 113 cm³/mol. The van der Waals surface area contributed by atoms with Gasteiger partial charge in [-0.2, -0.15) is 0 Å². The van der Waals surface area contributed by atoms with Crippen LogP contribution in [-0.2, 0) is 4.79 Å². The van der Waals surface area contributed by atoms with Crippen molar-refractivity contribution in [3.8, 4) is 5.75 Å². The minimum absolute atomic E-state index is 0. The summed E-state index contributed by atoms with van der Waals surface area (Å²) in [5, 5.41) is 3.20. The van der Waals surface area contributed by atoms with Gasteiger partial charge in [0.05, 0.1) is 7.11 Å². The summed E-state index contributed by atoms with van der Waals surface area (Å²) >= 11 is 0. The normalized spacial score (nSPS) is 16.2. The Balaban J connectivity index is 0.00000312. The maximum absolute atomic E-state index is 12.1. The van der Waals surface area contributed by atoms with Gasteiger partial charge >= 0.3 is 0 Å². The van der Waals surface area contributed by atoms with Gasteiger partial charge in [0.15, 0.2) is 0 Å². The molecule has 1 aliphatic rings. The third-order valence-electron chi connectivity index (χ3n) is 4.56. The largest absolute Gasteiger partial charge is 0.497 e. The lowest BCUT2D eigenvalue weighted by Crippen LogP contribution is -2.47. The molecule has 26 heavy (non-hydrogen) atoms. The summed E-state index contributed by atoms with van der Waals surface area (Å²) < 4.78 is 5.31. The van der Waals surface area contributed by atoms with Gasteiger partial charge in [-0.3, -0.25) is 4.79 Å². The van der Waals surface area contributed by atoms with Crippen molar-refractivity contribution in [2.24, 2.45) is 5.73 Å². The number of rotatable bonds is 9. The zero-order valence-corrected chi connectivity index (χ0v) is 17.2. The first kappa shape index (κ1) is 24.8. The molecule has 1 saturated heterocycles. The van der Waals surface area contributed by atoms with Crippen LogP contribution in [0.1, 0.15) is 44.9 Å². The molecule has 5 nitrogen and oxygen atoms in total. The van der Waals surface area contributed by atoms with Crippen molar-refractivity contribution in [2.75, 3.05) is 31.6 Å². The average molecular weight is 406 g/mol. The lowest BCUT2D eigenvalue weighted by molar-refractivity contribution is -0.122. The number of methoxy groups -OCH3 is 1. The molecule has 7 heteroatoms. The molecule has 0 aromatic heterocycles. The third kappa shape index (κ3) is 8.47. The first-order valence-electron chi connectivity index (χ1n) is 9.11. The van der Waals surface area contributed by atoms with Gasteiger partial charge in [0.25, 0.3) is 0 Å². The van der Waals surface area contributed by atoms with Gasteiger partial charge in [-0.1, -0.05) is 18.9 Å². The summed E-state index contributed by atoms with van der Waals surface area (Å²) in [6, 6.07) is 8.36. The van der Waals surface area contributed by atoms with E-state index in [-0.39, 0.29) is 36.8 Å². The predicted octanol–water partition coefficient (Wildman–Crippen LogP) is 3.53. The molecule has 1 heterocycles. The maximum atomic E-state index is 12.1. The molecule has 1 fully saturated rings. The fraction of sp³-hybridized carbons (Fsp3) is 0.632. The van der Waals surface area contributed by atoms with Crippen LogP contribution in [0.5, 0.6) is 5.75 Å². The number of piperidine rings is 1. The number of benzene rings is 1. The molecule has 0 bridgehead atoms. The van der Waals surface area contributed by atoms with Crippen molar-refractivity contribution in [3.05, 3.63) is 24.3 Å². The summed E-state index contributed by atoms with van der Waals surface area (Å²) in [4.78, 5) is 14.4. The molecular formula is C19H33Cl2N3O2. The van der Waals surface area contributed by atoms with Gasteiger partial charge in [0, 0.05) is 37.3 Å². The highest BCUT2D eigenvalue weighted by molar-refractivity contribution is 5.85. The number of carbonyl (C=O) groups is 1. The van der Waals surface area contributed by atoms with Crippen LogP contribution in [0.4, 0.5) is 5.69 Å². The molecule has 0 aliphatic carbocycles. The minimum atomic E-state index is 0. The van der Waals surface area contributed by atoms with E-state index in [0.29, 0.717) is 6.42 Å². The molecule has 1 aromatic carbocycles. The molecule has 1 aliphatic heterocycles. The maximum Gasteiger partial charge on any atom is 0.220 e. The van der Waals surface area contributed by atoms with Crippen molar-refractivity contribution in [1.29, 1.82) is 0 Å². The Bertz CT molecular complexity index is 517. The van der Waals surface area contributed by atoms with Crippen LogP contribution in [0.15, 0.2) is 24.3 Å². The van der Waals surface area contributed by atoms with Gasteiger partial charge in [-0.05, 0) is 44.4 Å². The number of nitrogens with one attached hydrogen (secondary N) is 1. The fourth-order valence-electron chi connectivity index (χ4n) is 3.22. The second kappa shape index (κ2) is 14.0. The second-order valence-electron chi connectivity index (χ2n) is 6.51. The molecule has 0 spiro atoms. The number of nitrogens with two attached hydrogens (primary N) is 1. The third-order valence-corrected chi connectivity index (χ3v) is 4.56. The highest BCUT2D eigenvalue weighted by Crippen LogP contribution is 2.24. The van der Waals surface area contributed by atoms with Crippen LogP contribution < -0.4 is 20.7 Å². The molecule has 3 N–H and O–H groups in total. The SMILES string of the molecule is COc1cccc(N2CCCC(NC(=O)CCCCCCN)C2)c1.Cl.Cl. The molecule has 150 valence electrons. The van der Waals surface area contributed by atoms with Crippen LogP contribution in [0, 0.1) is 0 Å². The number of nitrogens with zero attached hydrogens (tertiary/aromatic N) is 1. The van der Waals surface area contributed by atoms with Gasteiger partial charge in [0.1, 0.15) is 5.75 Å². The fourth-order valence-corrected chi connectivity index (χ4v) is 3.22. The van der Waals surface area contributed by atoms with Gasteiger partial charge < -0.3 is 20.7 Å². The topological polar surface area (TPSA) is 67.6 Å². The van der Waals surface area contributed by atoms with Gasteiger partial charge in [-0.15, -0.1) is 24.8 Å². The van der Waals surface area contributed by atoms with Crippen LogP contribution in [0.3, 0.4) is 0 Å². The molecule has 1 atom stereocenters. The van der Waals surface area contributed by atoms with E-state index < -0.39 is 0 Å². The van der Waals surface area contributed by atoms with Crippen LogP contribution in [0.25, 0.3) is 0 Å². The Kier molecular flexibility index (Phi) is 13.3. The van der Waals surface area contributed by atoms with Gasteiger partial charge in [-0.25, -0.2) is 0 Å². The van der Waals surface area contributed by atoms with Crippen molar-refractivity contribution >= 4 is 36.4 Å². The molecule has 1 aromatic rings. The van der Waals surface area contributed by atoms with Crippen LogP contribution in [-0.4, -0.2) is 38.7 Å². The zero-order valence-electron chi connectivity index (χ0n) is 15.6. The Hall–Kier alpha value is -1.17. The summed E-state index contributed by atoms with van der Waals surface area (Å²) in [6.07, 6.45) is 7.00. The first-order chi connectivity index (χ1) is 11.7. The molecule has 0 saturated carbocycles. The molecule has 0 radical (unpaired) electrons. The highest BCUT2D eigenvalue weighted by Gasteiger charge is 2.21. The monoisotopic (exact) mass is 405 g/mol. The van der Waals surface area contributed by atoms with E-state index in [9.17, 15) is 4.79 Å². The minimum Gasteiger partial charge on any atom is -0.497 e. The second-order valence-corrected chi connectivity index (χ2v) is 6.51. The summed E-state index contributed by atoms with van der Waals surface area (Å²) in [5.74, 6) is 1.05. The average Bonchev–Trinajstić information content (AvgIpc) is 2.62. The van der Waals surface area contributed by atoms with Crippen molar-refractivity contribution in [2.45, 2.75) is 51.0 Å². The Morgan fingerprint density at radius 1 is 1.27 bits per heavy atom. The van der Waals surface area contributed by atoms with E-state index in [0.717, 1.165) is 69.6 Å².